The Balaban J connectivity index is 1.87. The lowest BCUT2D eigenvalue weighted by Gasteiger charge is -2.23. The first-order valence-corrected chi connectivity index (χ1v) is 11.4. The normalized spacial score (nSPS) is 10.8. The van der Waals surface area contributed by atoms with E-state index in [9.17, 15) is 13.2 Å². The Morgan fingerprint density at radius 3 is 2.41 bits per heavy atom. The van der Waals surface area contributed by atoms with Gasteiger partial charge in [-0.25, -0.2) is 8.42 Å². The van der Waals surface area contributed by atoms with Crippen molar-refractivity contribution in [3.63, 3.8) is 0 Å². The predicted octanol–water partition coefficient (Wildman–Crippen LogP) is 5.04. The van der Waals surface area contributed by atoms with Crippen LogP contribution < -0.4 is 9.62 Å². The van der Waals surface area contributed by atoms with Crippen LogP contribution in [0.5, 0.6) is 0 Å². The summed E-state index contributed by atoms with van der Waals surface area (Å²) < 4.78 is 27.8. The van der Waals surface area contributed by atoms with E-state index in [2.05, 4.69) is 18.0 Å². The quantitative estimate of drug-likeness (QED) is 0.472. The molecule has 1 N–H and O–H groups in total. The number of anilines is 2. The second-order valence-corrected chi connectivity index (χ2v) is 9.11. The molecule has 0 aliphatic heterocycles. The fourth-order valence-corrected chi connectivity index (χ4v) is 4.60. The van der Waals surface area contributed by atoms with Crippen molar-refractivity contribution in [2.24, 2.45) is 0 Å². The van der Waals surface area contributed by atoms with Crippen LogP contribution in [0.1, 0.15) is 15.9 Å². The van der Waals surface area contributed by atoms with E-state index < -0.39 is 15.9 Å². The van der Waals surface area contributed by atoms with Crippen LogP contribution >= 0.6 is 11.6 Å². The molecule has 3 rings (SSSR count). The standard InChI is InChI=1S/C24H20ClN3O3S/c1-2-16-28(22-12-8-20(25)9-13-22)32(30,31)23-5-3-4-19(17-23)24(29)27-21-10-6-18(7-11-21)14-15-26/h2-13,17H,1,14,16H2,(H,27,29). The lowest BCUT2D eigenvalue weighted by Crippen LogP contribution is -2.31. The van der Waals surface area contributed by atoms with Crippen LogP contribution in [-0.4, -0.2) is 20.9 Å². The molecule has 3 aromatic rings. The Morgan fingerprint density at radius 2 is 1.78 bits per heavy atom. The lowest BCUT2D eigenvalue weighted by molar-refractivity contribution is 0.102. The molecule has 3 aromatic carbocycles. The number of hydrogen-bond donors (Lipinski definition) is 1. The van der Waals surface area contributed by atoms with E-state index in [1.165, 1.54) is 28.6 Å². The second-order valence-electron chi connectivity index (χ2n) is 6.82. The molecule has 0 saturated carbocycles. The molecule has 0 bridgehead atoms. The molecule has 0 atom stereocenters. The Hall–Kier alpha value is -3.60. The molecule has 0 unspecified atom stereocenters. The third-order valence-corrected chi connectivity index (χ3v) is 6.63. The highest BCUT2D eigenvalue weighted by atomic mass is 35.5. The van der Waals surface area contributed by atoms with E-state index in [4.69, 9.17) is 16.9 Å². The highest BCUT2D eigenvalue weighted by molar-refractivity contribution is 7.92. The molecule has 0 aliphatic carbocycles. The van der Waals surface area contributed by atoms with E-state index in [0.29, 0.717) is 16.4 Å². The molecular formula is C24H20ClN3O3S. The van der Waals surface area contributed by atoms with Crippen molar-refractivity contribution in [1.82, 2.24) is 0 Å². The van der Waals surface area contributed by atoms with Crippen LogP contribution in [0.15, 0.2) is 90.3 Å². The minimum absolute atomic E-state index is 0.0219. The Kier molecular flexibility index (Phi) is 7.31. The maximum Gasteiger partial charge on any atom is 0.264 e. The Morgan fingerprint density at radius 1 is 1.09 bits per heavy atom. The number of benzene rings is 3. The van der Waals surface area contributed by atoms with Crippen molar-refractivity contribution in [2.45, 2.75) is 11.3 Å². The monoisotopic (exact) mass is 465 g/mol. The Labute approximate surface area is 192 Å². The van der Waals surface area contributed by atoms with E-state index in [1.54, 1.807) is 54.6 Å². The number of carbonyl (C=O) groups excluding carboxylic acids is 1. The summed E-state index contributed by atoms with van der Waals surface area (Å²) in [6.07, 6.45) is 1.77. The Bertz CT molecular complexity index is 1270. The molecule has 0 aliphatic rings. The third kappa shape index (κ3) is 5.35. The summed E-state index contributed by atoms with van der Waals surface area (Å²) in [7, 11) is -3.96. The van der Waals surface area contributed by atoms with Crippen LogP contribution in [0.25, 0.3) is 0 Å². The van der Waals surface area contributed by atoms with Crippen LogP contribution in [0.3, 0.4) is 0 Å². The first-order valence-electron chi connectivity index (χ1n) is 9.61. The number of hydrogen-bond acceptors (Lipinski definition) is 4. The molecule has 6 nitrogen and oxygen atoms in total. The first kappa shape index (κ1) is 23.1. The van der Waals surface area contributed by atoms with Gasteiger partial charge in [0.1, 0.15) is 0 Å². The number of nitriles is 1. The van der Waals surface area contributed by atoms with Gasteiger partial charge in [0.2, 0.25) is 0 Å². The number of nitrogens with one attached hydrogen (secondary N) is 1. The third-order valence-electron chi connectivity index (χ3n) is 4.59. The zero-order chi connectivity index (χ0) is 23.1. The van der Waals surface area contributed by atoms with Crippen LogP contribution in [-0.2, 0) is 16.4 Å². The average molecular weight is 466 g/mol. The summed E-state index contributed by atoms with van der Waals surface area (Å²) >= 11 is 5.92. The number of sulfonamides is 1. The van der Waals surface area contributed by atoms with Gasteiger partial charge >= 0.3 is 0 Å². The minimum Gasteiger partial charge on any atom is -0.322 e. The van der Waals surface area contributed by atoms with Gasteiger partial charge < -0.3 is 5.32 Å². The highest BCUT2D eigenvalue weighted by Crippen LogP contribution is 2.26. The van der Waals surface area contributed by atoms with Crippen molar-refractivity contribution >= 4 is 38.9 Å². The maximum absolute atomic E-state index is 13.3. The summed E-state index contributed by atoms with van der Waals surface area (Å²) in [6.45, 7) is 3.70. The van der Waals surface area contributed by atoms with Crippen molar-refractivity contribution in [3.05, 3.63) is 102 Å². The van der Waals surface area contributed by atoms with Crippen molar-refractivity contribution < 1.29 is 13.2 Å². The fourth-order valence-electron chi connectivity index (χ4n) is 2.99. The van der Waals surface area contributed by atoms with Gasteiger partial charge in [-0.05, 0) is 60.2 Å². The highest BCUT2D eigenvalue weighted by Gasteiger charge is 2.25. The number of nitrogens with zero attached hydrogens (tertiary/aromatic N) is 2. The number of carbonyl (C=O) groups is 1. The van der Waals surface area contributed by atoms with E-state index in [0.717, 1.165) is 5.56 Å². The average Bonchev–Trinajstić information content (AvgIpc) is 2.79. The molecule has 162 valence electrons. The number of amides is 1. The number of halogens is 1. The summed E-state index contributed by atoms with van der Waals surface area (Å²) in [5, 5.41) is 12.0. The predicted molar refractivity (Wildman–Crippen MR) is 126 cm³/mol. The molecule has 0 saturated heterocycles. The second kappa shape index (κ2) is 10.1. The summed E-state index contributed by atoms with van der Waals surface area (Å²) in [4.78, 5) is 12.7. The van der Waals surface area contributed by atoms with Crippen LogP contribution in [0.2, 0.25) is 5.02 Å². The molecule has 32 heavy (non-hydrogen) atoms. The van der Waals surface area contributed by atoms with Crippen LogP contribution in [0, 0.1) is 11.3 Å². The van der Waals surface area contributed by atoms with Gasteiger partial charge in [0, 0.05) is 16.3 Å². The van der Waals surface area contributed by atoms with E-state index in [1.807, 2.05) is 0 Å². The van der Waals surface area contributed by atoms with Gasteiger partial charge in [-0.1, -0.05) is 35.9 Å². The summed E-state index contributed by atoms with van der Waals surface area (Å²) in [5.74, 6) is -0.447. The van der Waals surface area contributed by atoms with Gasteiger partial charge in [0.05, 0.1) is 29.6 Å². The molecule has 0 aromatic heterocycles. The minimum atomic E-state index is -3.96. The molecule has 0 heterocycles. The lowest BCUT2D eigenvalue weighted by atomic mass is 10.1. The van der Waals surface area contributed by atoms with Gasteiger partial charge in [0.15, 0.2) is 0 Å². The zero-order valence-corrected chi connectivity index (χ0v) is 18.6. The SMILES string of the molecule is C=CCN(c1ccc(Cl)cc1)S(=O)(=O)c1cccc(C(=O)Nc2ccc(CC#N)cc2)c1. The van der Waals surface area contributed by atoms with Crippen molar-refractivity contribution in [1.29, 1.82) is 5.26 Å². The van der Waals surface area contributed by atoms with E-state index >= 15 is 0 Å². The van der Waals surface area contributed by atoms with Crippen molar-refractivity contribution in [2.75, 3.05) is 16.2 Å². The molecule has 1 amide bonds. The zero-order valence-electron chi connectivity index (χ0n) is 17.0. The molecule has 0 radical (unpaired) electrons. The topological polar surface area (TPSA) is 90.3 Å². The largest absolute Gasteiger partial charge is 0.322 e. The van der Waals surface area contributed by atoms with Crippen molar-refractivity contribution in [3.8, 4) is 6.07 Å². The maximum atomic E-state index is 13.3. The van der Waals surface area contributed by atoms with Gasteiger partial charge in [-0.2, -0.15) is 5.26 Å². The van der Waals surface area contributed by atoms with Gasteiger partial charge in [0.25, 0.3) is 15.9 Å². The molecule has 0 fully saturated rings. The smallest absolute Gasteiger partial charge is 0.264 e. The summed E-state index contributed by atoms with van der Waals surface area (Å²) in [6, 6.07) is 21.2. The fraction of sp³-hybridized carbons (Fsp3) is 0.0833. The molecule has 8 heteroatoms. The van der Waals surface area contributed by atoms with E-state index in [-0.39, 0.29) is 23.4 Å². The van der Waals surface area contributed by atoms with Gasteiger partial charge in [-0.15, -0.1) is 6.58 Å². The molecular weight excluding hydrogens is 446 g/mol. The number of rotatable bonds is 8. The van der Waals surface area contributed by atoms with Gasteiger partial charge in [-0.3, -0.25) is 9.10 Å². The van der Waals surface area contributed by atoms with Crippen LogP contribution in [0.4, 0.5) is 11.4 Å². The first-order chi connectivity index (χ1) is 15.3. The molecule has 0 spiro atoms. The summed E-state index contributed by atoms with van der Waals surface area (Å²) in [5.41, 5.74) is 2.01.